The number of hydrogen-bond acceptors (Lipinski definition) is 3. The minimum Gasteiger partial charge on any atom is -0.493 e. The molecule has 2 aromatic carbocycles. The van der Waals surface area contributed by atoms with Gasteiger partial charge in [-0.25, -0.2) is 8.78 Å². The van der Waals surface area contributed by atoms with Crippen molar-refractivity contribution in [3.8, 4) is 5.75 Å². The lowest BCUT2D eigenvalue weighted by Crippen LogP contribution is -2.30. The van der Waals surface area contributed by atoms with Crippen molar-refractivity contribution in [1.82, 2.24) is 4.90 Å². The summed E-state index contributed by atoms with van der Waals surface area (Å²) in [6.07, 6.45) is 3.05. The van der Waals surface area contributed by atoms with E-state index in [1.54, 1.807) is 0 Å². The van der Waals surface area contributed by atoms with Crippen LogP contribution in [-0.4, -0.2) is 30.2 Å². The van der Waals surface area contributed by atoms with Crippen LogP contribution in [0.2, 0.25) is 0 Å². The summed E-state index contributed by atoms with van der Waals surface area (Å²) < 4.78 is 31.5. The SMILES string of the molecule is CSCc1ccc(CN2CCc3cc(OCC4CC4(F)F)ccc3C2)cc1. The Kier molecular flexibility index (Phi) is 5.42. The summed E-state index contributed by atoms with van der Waals surface area (Å²) in [4.78, 5) is 2.46. The number of benzene rings is 2. The largest absolute Gasteiger partial charge is 0.493 e. The van der Waals surface area contributed by atoms with Gasteiger partial charge >= 0.3 is 0 Å². The fourth-order valence-corrected chi connectivity index (χ4v) is 4.15. The highest BCUT2D eigenvalue weighted by atomic mass is 32.2. The number of fused-ring (bicyclic) bond motifs is 1. The number of thioether (sulfide) groups is 1. The third kappa shape index (κ3) is 4.64. The van der Waals surface area contributed by atoms with Gasteiger partial charge in [0.05, 0.1) is 12.5 Å². The molecule has 1 unspecified atom stereocenters. The van der Waals surface area contributed by atoms with Gasteiger partial charge in [0.1, 0.15) is 5.75 Å². The van der Waals surface area contributed by atoms with Crippen LogP contribution in [0.3, 0.4) is 0 Å². The number of halogens is 2. The molecular formula is C22H25F2NOS. The molecule has 1 aliphatic heterocycles. The molecular weight excluding hydrogens is 364 g/mol. The first kappa shape index (κ1) is 18.8. The Labute approximate surface area is 163 Å². The lowest BCUT2D eigenvalue weighted by Gasteiger charge is -2.29. The van der Waals surface area contributed by atoms with E-state index in [4.69, 9.17) is 4.74 Å². The lowest BCUT2D eigenvalue weighted by atomic mass is 9.99. The van der Waals surface area contributed by atoms with Crippen molar-refractivity contribution in [2.24, 2.45) is 5.92 Å². The van der Waals surface area contributed by atoms with Gasteiger partial charge in [-0.1, -0.05) is 30.3 Å². The monoisotopic (exact) mass is 389 g/mol. The van der Waals surface area contributed by atoms with E-state index in [2.05, 4.69) is 41.5 Å². The molecule has 2 aromatic rings. The van der Waals surface area contributed by atoms with Crippen LogP contribution in [0, 0.1) is 5.92 Å². The highest BCUT2D eigenvalue weighted by molar-refractivity contribution is 7.97. The van der Waals surface area contributed by atoms with Crippen molar-refractivity contribution in [3.63, 3.8) is 0 Å². The molecule has 144 valence electrons. The summed E-state index contributed by atoms with van der Waals surface area (Å²) in [6, 6.07) is 14.9. The Morgan fingerprint density at radius 3 is 2.56 bits per heavy atom. The van der Waals surface area contributed by atoms with Crippen LogP contribution >= 0.6 is 11.8 Å². The van der Waals surface area contributed by atoms with Gasteiger partial charge in [0.2, 0.25) is 0 Å². The van der Waals surface area contributed by atoms with Crippen molar-refractivity contribution in [2.75, 3.05) is 19.4 Å². The molecule has 0 radical (unpaired) electrons. The first-order valence-corrected chi connectivity index (χ1v) is 10.8. The molecule has 1 fully saturated rings. The number of ether oxygens (including phenoxy) is 1. The summed E-state index contributed by atoms with van der Waals surface area (Å²) in [7, 11) is 0. The Hall–Kier alpha value is -1.59. The molecule has 1 aliphatic carbocycles. The van der Waals surface area contributed by atoms with Gasteiger partial charge in [0.15, 0.2) is 0 Å². The quantitative estimate of drug-likeness (QED) is 0.650. The van der Waals surface area contributed by atoms with Crippen molar-refractivity contribution in [1.29, 1.82) is 0 Å². The Morgan fingerprint density at radius 1 is 1.11 bits per heavy atom. The normalized spacial score (nSPS) is 20.9. The standard InChI is InChI=1S/C22H25F2NOS/c1-27-15-17-4-2-16(3-5-17)12-25-9-8-18-10-21(7-6-19(18)13-25)26-14-20-11-22(20,23)24/h2-7,10,20H,8-9,11-15H2,1H3. The average molecular weight is 390 g/mol. The first-order chi connectivity index (χ1) is 13.0. The molecule has 0 N–H and O–H groups in total. The fraction of sp³-hybridized carbons (Fsp3) is 0.455. The van der Waals surface area contributed by atoms with E-state index in [0.717, 1.165) is 31.8 Å². The molecule has 0 bridgehead atoms. The van der Waals surface area contributed by atoms with Gasteiger partial charge in [-0.15, -0.1) is 0 Å². The van der Waals surface area contributed by atoms with Gasteiger partial charge in [-0.3, -0.25) is 4.90 Å². The Balaban J connectivity index is 1.33. The molecule has 1 heterocycles. The number of alkyl halides is 2. The molecule has 0 aromatic heterocycles. The van der Waals surface area contributed by atoms with Gasteiger partial charge < -0.3 is 4.74 Å². The number of rotatable bonds is 7. The third-order valence-electron chi connectivity index (χ3n) is 5.42. The predicted octanol–water partition coefficient (Wildman–Crippen LogP) is 5.14. The predicted molar refractivity (Wildman–Crippen MR) is 106 cm³/mol. The molecule has 0 saturated heterocycles. The van der Waals surface area contributed by atoms with Crippen LogP contribution in [0.4, 0.5) is 8.78 Å². The fourth-order valence-electron chi connectivity index (χ4n) is 3.63. The molecule has 27 heavy (non-hydrogen) atoms. The summed E-state index contributed by atoms with van der Waals surface area (Å²) in [6.45, 7) is 2.99. The van der Waals surface area contributed by atoms with Crippen LogP contribution in [0.1, 0.15) is 28.7 Å². The maximum absolute atomic E-state index is 13.0. The maximum Gasteiger partial charge on any atom is 0.255 e. The van der Waals surface area contributed by atoms with Gasteiger partial charge in [0, 0.05) is 31.8 Å². The van der Waals surface area contributed by atoms with Crippen LogP contribution < -0.4 is 4.74 Å². The van der Waals surface area contributed by atoms with E-state index in [0.29, 0.717) is 5.75 Å². The zero-order chi connectivity index (χ0) is 18.9. The topological polar surface area (TPSA) is 12.5 Å². The van der Waals surface area contributed by atoms with Crippen molar-refractivity contribution in [2.45, 2.75) is 37.6 Å². The zero-order valence-corrected chi connectivity index (χ0v) is 16.4. The second kappa shape index (κ2) is 7.80. The molecule has 2 aliphatic rings. The van der Waals surface area contributed by atoms with E-state index in [1.807, 2.05) is 23.9 Å². The highest BCUT2D eigenvalue weighted by Crippen LogP contribution is 2.48. The molecule has 4 rings (SSSR count). The molecule has 0 spiro atoms. The van der Waals surface area contributed by atoms with Crippen LogP contribution in [-0.2, 0) is 25.3 Å². The number of hydrogen-bond donors (Lipinski definition) is 0. The first-order valence-electron chi connectivity index (χ1n) is 9.45. The summed E-state index contributed by atoms with van der Waals surface area (Å²) in [5.41, 5.74) is 5.30. The van der Waals surface area contributed by atoms with Crippen molar-refractivity contribution >= 4 is 11.8 Å². The second-order valence-corrected chi connectivity index (χ2v) is 8.48. The number of nitrogens with zero attached hydrogens (tertiary/aromatic N) is 1. The van der Waals surface area contributed by atoms with E-state index < -0.39 is 11.8 Å². The minimum absolute atomic E-state index is 0.0365. The van der Waals surface area contributed by atoms with Crippen molar-refractivity contribution < 1.29 is 13.5 Å². The van der Waals surface area contributed by atoms with Crippen LogP contribution in [0.25, 0.3) is 0 Å². The van der Waals surface area contributed by atoms with Gasteiger partial charge in [0.25, 0.3) is 5.92 Å². The molecule has 5 heteroatoms. The van der Waals surface area contributed by atoms with Gasteiger partial charge in [-0.2, -0.15) is 11.8 Å². The van der Waals surface area contributed by atoms with Crippen molar-refractivity contribution in [3.05, 3.63) is 64.7 Å². The molecule has 1 saturated carbocycles. The Bertz CT molecular complexity index is 793. The van der Waals surface area contributed by atoms with E-state index >= 15 is 0 Å². The smallest absolute Gasteiger partial charge is 0.255 e. The minimum atomic E-state index is -2.51. The maximum atomic E-state index is 13.0. The van der Waals surface area contributed by atoms with Gasteiger partial charge in [-0.05, 0) is 47.1 Å². The zero-order valence-electron chi connectivity index (χ0n) is 15.6. The van der Waals surface area contributed by atoms with E-state index in [1.165, 1.54) is 22.3 Å². The lowest BCUT2D eigenvalue weighted by molar-refractivity contribution is 0.0856. The highest BCUT2D eigenvalue weighted by Gasteiger charge is 2.57. The Morgan fingerprint density at radius 2 is 1.85 bits per heavy atom. The van der Waals surface area contributed by atoms with E-state index in [9.17, 15) is 8.78 Å². The van der Waals surface area contributed by atoms with E-state index in [-0.39, 0.29) is 13.0 Å². The van der Waals surface area contributed by atoms with Crippen LogP contribution in [0.15, 0.2) is 42.5 Å². The summed E-state index contributed by atoms with van der Waals surface area (Å²) in [5.74, 6) is -1.34. The molecule has 1 atom stereocenters. The summed E-state index contributed by atoms with van der Waals surface area (Å²) in [5, 5.41) is 0. The summed E-state index contributed by atoms with van der Waals surface area (Å²) >= 11 is 1.84. The molecule has 2 nitrogen and oxygen atoms in total. The second-order valence-electron chi connectivity index (χ2n) is 7.61. The average Bonchev–Trinajstić information content (AvgIpc) is 3.28. The van der Waals surface area contributed by atoms with Crippen LogP contribution in [0.5, 0.6) is 5.75 Å². The third-order valence-corrected chi connectivity index (χ3v) is 6.04. The molecule has 0 amide bonds.